The molecule has 1 aromatic rings. The minimum Gasteiger partial charge on any atom is -0.476 e. The Labute approximate surface area is 92.4 Å². The van der Waals surface area contributed by atoms with E-state index in [0.717, 1.165) is 13.0 Å². The number of aryl methyl sites for hydroxylation is 1. The number of nitrogens with zero attached hydrogens (tertiary/aromatic N) is 1. The first-order chi connectivity index (χ1) is 6.36. The highest BCUT2D eigenvalue weighted by Crippen LogP contribution is 2.07. The summed E-state index contributed by atoms with van der Waals surface area (Å²) in [6.45, 7) is 3.59. The van der Waals surface area contributed by atoms with Gasteiger partial charge < -0.3 is 4.74 Å². The highest BCUT2D eigenvalue weighted by atomic mass is 127. The average Bonchev–Trinajstić information content (AvgIpc) is 2.19. The standard InChI is InChI=1S/C9H13IN2O/c1-2-8-3-4-9(11-7-8)13-6-5-12-10/h3-4,7,12H,2,5-6H2,1H3. The number of ether oxygens (including phenoxy) is 1. The summed E-state index contributed by atoms with van der Waals surface area (Å²) >= 11 is 2.09. The van der Waals surface area contributed by atoms with E-state index < -0.39 is 0 Å². The van der Waals surface area contributed by atoms with Crippen molar-refractivity contribution in [3.63, 3.8) is 0 Å². The van der Waals surface area contributed by atoms with Gasteiger partial charge in [-0.1, -0.05) is 13.0 Å². The van der Waals surface area contributed by atoms with Crippen LogP contribution in [0.2, 0.25) is 0 Å². The lowest BCUT2D eigenvalue weighted by Gasteiger charge is -2.04. The van der Waals surface area contributed by atoms with E-state index in [1.54, 1.807) is 0 Å². The molecule has 0 saturated heterocycles. The van der Waals surface area contributed by atoms with Crippen LogP contribution in [0.25, 0.3) is 0 Å². The van der Waals surface area contributed by atoms with Crippen LogP contribution in [0.1, 0.15) is 12.5 Å². The summed E-state index contributed by atoms with van der Waals surface area (Å²) in [6, 6.07) is 3.95. The molecule has 0 atom stereocenters. The van der Waals surface area contributed by atoms with Gasteiger partial charge in [-0.25, -0.2) is 4.98 Å². The van der Waals surface area contributed by atoms with Crippen molar-refractivity contribution in [1.82, 2.24) is 8.51 Å². The van der Waals surface area contributed by atoms with E-state index in [2.05, 4.69) is 38.3 Å². The Morgan fingerprint density at radius 3 is 2.92 bits per heavy atom. The normalized spacial score (nSPS) is 10.0. The number of rotatable bonds is 5. The maximum Gasteiger partial charge on any atom is 0.213 e. The Morgan fingerprint density at radius 1 is 1.54 bits per heavy atom. The second kappa shape index (κ2) is 6.15. The lowest BCUT2D eigenvalue weighted by molar-refractivity contribution is 0.313. The number of nitrogens with one attached hydrogen (secondary N) is 1. The summed E-state index contributed by atoms with van der Waals surface area (Å²) in [4.78, 5) is 4.17. The summed E-state index contributed by atoms with van der Waals surface area (Å²) in [7, 11) is 0. The van der Waals surface area contributed by atoms with Gasteiger partial charge in [0.25, 0.3) is 0 Å². The van der Waals surface area contributed by atoms with Crippen LogP contribution >= 0.6 is 22.9 Å². The van der Waals surface area contributed by atoms with Crippen LogP contribution in [0, 0.1) is 0 Å². The van der Waals surface area contributed by atoms with Crippen LogP contribution < -0.4 is 8.27 Å². The maximum atomic E-state index is 5.37. The van der Waals surface area contributed by atoms with E-state index in [1.807, 2.05) is 18.3 Å². The Bertz CT molecular complexity index is 238. The third kappa shape index (κ3) is 3.91. The SMILES string of the molecule is CCc1ccc(OCCNI)nc1. The predicted molar refractivity (Wildman–Crippen MR) is 61.1 cm³/mol. The first-order valence-corrected chi connectivity index (χ1v) is 5.36. The van der Waals surface area contributed by atoms with Crippen molar-refractivity contribution in [3.8, 4) is 5.88 Å². The summed E-state index contributed by atoms with van der Waals surface area (Å²) in [5, 5.41) is 0. The molecule has 13 heavy (non-hydrogen) atoms. The number of halogens is 1. The van der Waals surface area contributed by atoms with Gasteiger partial charge in [-0.05, 0) is 12.0 Å². The van der Waals surface area contributed by atoms with Crippen molar-refractivity contribution < 1.29 is 4.74 Å². The fourth-order valence-electron chi connectivity index (χ4n) is 0.900. The van der Waals surface area contributed by atoms with Crippen LogP contribution in [0.3, 0.4) is 0 Å². The topological polar surface area (TPSA) is 34.1 Å². The molecule has 0 unspecified atom stereocenters. The Hall–Kier alpha value is -0.360. The molecule has 0 bridgehead atoms. The number of hydrogen-bond donors (Lipinski definition) is 1. The molecule has 0 saturated carbocycles. The zero-order valence-corrected chi connectivity index (χ0v) is 9.74. The molecule has 0 aliphatic carbocycles. The monoisotopic (exact) mass is 292 g/mol. The fraction of sp³-hybridized carbons (Fsp3) is 0.444. The van der Waals surface area contributed by atoms with E-state index in [1.165, 1.54) is 5.56 Å². The molecule has 0 amide bonds. The second-order valence-electron chi connectivity index (χ2n) is 2.59. The van der Waals surface area contributed by atoms with Gasteiger partial charge in [0, 0.05) is 41.7 Å². The zero-order chi connectivity index (χ0) is 9.52. The molecule has 0 fully saturated rings. The Balaban J connectivity index is 2.40. The summed E-state index contributed by atoms with van der Waals surface area (Å²) < 4.78 is 8.35. The Morgan fingerprint density at radius 2 is 2.38 bits per heavy atom. The van der Waals surface area contributed by atoms with Crippen LogP contribution in [-0.4, -0.2) is 18.1 Å². The Kier molecular flexibility index (Phi) is 5.07. The van der Waals surface area contributed by atoms with Crippen molar-refractivity contribution in [2.45, 2.75) is 13.3 Å². The highest BCUT2D eigenvalue weighted by Gasteiger charge is 1.94. The smallest absolute Gasteiger partial charge is 0.213 e. The van der Waals surface area contributed by atoms with Gasteiger partial charge in [-0.3, -0.25) is 3.53 Å². The minimum absolute atomic E-state index is 0.654. The van der Waals surface area contributed by atoms with Gasteiger partial charge in [0.2, 0.25) is 5.88 Å². The maximum absolute atomic E-state index is 5.37. The molecular weight excluding hydrogens is 279 g/mol. The molecule has 1 aromatic heterocycles. The van der Waals surface area contributed by atoms with Gasteiger partial charge in [0.15, 0.2) is 0 Å². The summed E-state index contributed by atoms with van der Waals surface area (Å²) in [5.41, 5.74) is 1.24. The predicted octanol–water partition coefficient (Wildman–Crippen LogP) is 1.96. The highest BCUT2D eigenvalue weighted by molar-refractivity contribution is 14.1. The molecule has 4 heteroatoms. The van der Waals surface area contributed by atoms with Crippen LogP contribution in [0.4, 0.5) is 0 Å². The number of hydrogen-bond acceptors (Lipinski definition) is 3. The van der Waals surface area contributed by atoms with Crippen molar-refractivity contribution in [2.24, 2.45) is 0 Å². The quantitative estimate of drug-likeness (QED) is 0.512. The third-order valence-electron chi connectivity index (χ3n) is 1.65. The molecule has 0 radical (unpaired) electrons. The molecule has 1 heterocycles. The zero-order valence-electron chi connectivity index (χ0n) is 7.59. The molecule has 0 spiro atoms. The third-order valence-corrected chi connectivity index (χ3v) is 2.19. The molecule has 0 aliphatic heterocycles. The van der Waals surface area contributed by atoms with Crippen molar-refractivity contribution in [3.05, 3.63) is 23.9 Å². The van der Waals surface area contributed by atoms with Crippen LogP contribution in [0.15, 0.2) is 18.3 Å². The molecule has 3 nitrogen and oxygen atoms in total. The van der Waals surface area contributed by atoms with E-state index in [9.17, 15) is 0 Å². The van der Waals surface area contributed by atoms with Crippen molar-refractivity contribution in [2.75, 3.05) is 13.2 Å². The lowest BCUT2D eigenvalue weighted by atomic mass is 10.2. The second-order valence-corrected chi connectivity index (χ2v) is 3.35. The molecule has 1 N–H and O–H groups in total. The van der Waals surface area contributed by atoms with Crippen LogP contribution in [0.5, 0.6) is 5.88 Å². The van der Waals surface area contributed by atoms with E-state index >= 15 is 0 Å². The fourth-order valence-corrected chi connectivity index (χ4v) is 1.12. The number of aromatic nitrogens is 1. The molecule has 0 aromatic carbocycles. The van der Waals surface area contributed by atoms with E-state index in [4.69, 9.17) is 4.74 Å². The summed E-state index contributed by atoms with van der Waals surface area (Å²) in [5.74, 6) is 0.698. The van der Waals surface area contributed by atoms with Crippen molar-refractivity contribution >= 4 is 22.9 Å². The van der Waals surface area contributed by atoms with Gasteiger partial charge in [-0.2, -0.15) is 0 Å². The van der Waals surface area contributed by atoms with Gasteiger partial charge >= 0.3 is 0 Å². The lowest BCUT2D eigenvalue weighted by Crippen LogP contribution is -2.11. The van der Waals surface area contributed by atoms with Gasteiger partial charge in [0.05, 0.1) is 0 Å². The molecular formula is C9H13IN2O. The number of pyridine rings is 1. The molecule has 72 valence electrons. The first kappa shape index (κ1) is 10.7. The largest absolute Gasteiger partial charge is 0.476 e. The first-order valence-electron chi connectivity index (χ1n) is 4.28. The van der Waals surface area contributed by atoms with Gasteiger partial charge in [0.1, 0.15) is 6.61 Å². The van der Waals surface area contributed by atoms with Gasteiger partial charge in [-0.15, -0.1) is 0 Å². The van der Waals surface area contributed by atoms with Crippen LogP contribution in [-0.2, 0) is 6.42 Å². The molecule has 1 rings (SSSR count). The van der Waals surface area contributed by atoms with Crippen molar-refractivity contribution in [1.29, 1.82) is 0 Å². The minimum atomic E-state index is 0.654. The van der Waals surface area contributed by atoms with E-state index in [0.29, 0.717) is 12.5 Å². The molecule has 0 aliphatic rings. The summed E-state index contributed by atoms with van der Waals surface area (Å²) in [6.07, 6.45) is 2.87. The average molecular weight is 292 g/mol. The van der Waals surface area contributed by atoms with E-state index in [-0.39, 0.29) is 0 Å².